The Bertz CT molecular complexity index is 976. The second-order valence-corrected chi connectivity index (χ2v) is 6.88. The molecule has 8 heteroatoms. The number of hydrogen-bond donors (Lipinski definition) is 2. The second-order valence-electron chi connectivity index (χ2n) is 5.94. The van der Waals surface area contributed by atoms with Crippen LogP contribution in [-0.4, -0.2) is 24.3 Å². The Morgan fingerprint density at radius 1 is 0.966 bits per heavy atom. The molecule has 0 bridgehead atoms. The molecular formula is C21H17FN2O4S. The number of rotatable bonds is 7. The summed E-state index contributed by atoms with van der Waals surface area (Å²) in [6.45, 7) is -0.385. The summed E-state index contributed by atoms with van der Waals surface area (Å²) >= 11 is 1.25. The largest absolute Gasteiger partial charge is 0.446 e. The smallest absolute Gasteiger partial charge is 0.326 e. The molecule has 0 aliphatic heterocycles. The maximum absolute atomic E-state index is 13.1. The standard InChI is InChI=1S/C21H17FN2O4S/c22-15-8-10-16(11-9-15)24-21(27)19(14-5-2-1-3-6-14)28-18(25)13-23-20(26)17-7-4-12-29-17/h1-12,19H,13H2,(H,23,26)(H,24,27)/t19-/m0/s1. The summed E-state index contributed by atoms with van der Waals surface area (Å²) in [5.74, 6) is -2.20. The molecule has 0 saturated carbocycles. The Labute approximate surface area is 170 Å². The summed E-state index contributed by atoms with van der Waals surface area (Å²) in [6, 6.07) is 17.0. The normalized spacial score (nSPS) is 11.3. The van der Waals surface area contributed by atoms with Crippen molar-refractivity contribution >= 4 is 34.8 Å². The molecule has 3 rings (SSSR count). The molecule has 29 heavy (non-hydrogen) atoms. The quantitative estimate of drug-likeness (QED) is 0.582. The fourth-order valence-electron chi connectivity index (χ4n) is 2.46. The van der Waals surface area contributed by atoms with E-state index in [1.807, 2.05) is 0 Å². The molecule has 3 aromatic rings. The molecule has 2 aromatic carbocycles. The summed E-state index contributed by atoms with van der Waals surface area (Å²) in [5, 5.41) is 6.80. The Kier molecular flexibility index (Phi) is 6.70. The predicted octanol–water partition coefficient (Wildman–Crippen LogP) is 3.54. The van der Waals surface area contributed by atoms with Crippen molar-refractivity contribution in [3.63, 3.8) is 0 Å². The minimum Gasteiger partial charge on any atom is -0.446 e. The van der Waals surface area contributed by atoms with Crippen molar-refractivity contribution < 1.29 is 23.5 Å². The topological polar surface area (TPSA) is 84.5 Å². The van der Waals surface area contributed by atoms with Crippen molar-refractivity contribution in [1.29, 1.82) is 0 Å². The van der Waals surface area contributed by atoms with E-state index in [0.29, 0.717) is 16.1 Å². The molecule has 2 N–H and O–H groups in total. The molecule has 1 aromatic heterocycles. The number of anilines is 1. The average Bonchev–Trinajstić information content (AvgIpc) is 3.27. The summed E-state index contributed by atoms with van der Waals surface area (Å²) in [7, 11) is 0. The van der Waals surface area contributed by atoms with Crippen molar-refractivity contribution in [2.45, 2.75) is 6.10 Å². The Balaban J connectivity index is 1.66. The zero-order chi connectivity index (χ0) is 20.6. The van der Waals surface area contributed by atoms with Gasteiger partial charge >= 0.3 is 5.97 Å². The van der Waals surface area contributed by atoms with E-state index < -0.39 is 29.7 Å². The van der Waals surface area contributed by atoms with Crippen molar-refractivity contribution in [3.05, 3.63) is 88.4 Å². The molecule has 1 atom stereocenters. The van der Waals surface area contributed by atoms with Crippen molar-refractivity contribution in [1.82, 2.24) is 5.32 Å². The lowest BCUT2D eigenvalue weighted by molar-refractivity contribution is -0.153. The Hall–Kier alpha value is -3.52. The van der Waals surface area contributed by atoms with Crippen LogP contribution in [-0.2, 0) is 14.3 Å². The van der Waals surface area contributed by atoms with Gasteiger partial charge in [-0.15, -0.1) is 11.3 Å². The number of amides is 2. The van der Waals surface area contributed by atoms with E-state index in [1.54, 1.807) is 47.8 Å². The number of esters is 1. The highest BCUT2D eigenvalue weighted by molar-refractivity contribution is 7.12. The Morgan fingerprint density at radius 2 is 1.69 bits per heavy atom. The lowest BCUT2D eigenvalue weighted by Crippen LogP contribution is -2.33. The van der Waals surface area contributed by atoms with Crippen LogP contribution in [0.25, 0.3) is 0 Å². The fourth-order valence-corrected chi connectivity index (χ4v) is 3.10. The maximum Gasteiger partial charge on any atom is 0.326 e. The molecule has 1 heterocycles. The number of thiophene rings is 1. The van der Waals surface area contributed by atoms with Crippen LogP contribution in [0.1, 0.15) is 21.3 Å². The second kappa shape index (κ2) is 9.61. The van der Waals surface area contributed by atoms with Gasteiger partial charge in [0.25, 0.3) is 11.8 Å². The number of halogens is 1. The summed E-state index contributed by atoms with van der Waals surface area (Å²) in [6.07, 6.45) is -1.23. The predicted molar refractivity (Wildman–Crippen MR) is 107 cm³/mol. The number of carbonyl (C=O) groups is 3. The first kappa shape index (κ1) is 20.2. The molecule has 0 fully saturated rings. The highest BCUT2D eigenvalue weighted by atomic mass is 32.1. The first-order valence-electron chi connectivity index (χ1n) is 8.65. The monoisotopic (exact) mass is 412 g/mol. The number of ether oxygens (including phenoxy) is 1. The van der Waals surface area contributed by atoms with Gasteiger partial charge in [0, 0.05) is 11.3 Å². The molecule has 0 spiro atoms. The van der Waals surface area contributed by atoms with Crippen LogP contribution in [0.15, 0.2) is 72.1 Å². The van der Waals surface area contributed by atoms with Gasteiger partial charge in [-0.05, 0) is 35.7 Å². The lowest BCUT2D eigenvalue weighted by Gasteiger charge is -2.18. The highest BCUT2D eigenvalue weighted by Gasteiger charge is 2.25. The van der Waals surface area contributed by atoms with E-state index in [9.17, 15) is 18.8 Å². The molecule has 2 amide bonds. The lowest BCUT2D eigenvalue weighted by atomic mass is 10.1. The third-order valence-corrected chi connectivity index (χ3v) is 4.71. The number of hydrogen-bond acceptors (Lipinski definition) is 5. The molecule has 0 saturated heterocycles. The first-order valence-corrected chi connectivity index (χ1v) is 9.53. The first-order chi connectivity index (χ1) is 14.0. The number of benzene rings is 2. The van der Waals surface area contributed by atoms with Gasteiger partial charge in [0.1, 0.15) is 12.4 Å². The van der Waals surface area contributed by atoms with Crippen LogP contribution in [0.4, 0.5) is 10.1 Å². The van der Waals surface area contributed by atoms with Gasteiger partial charge in [-0.3, -0.25) is 14.4 Å². The Morgan fingerprint density at radius 3 is 2.34 bits per heavy atom. The fraction of sp³-hybridized carbons (Fsp3) is 0.0952. The summed E-state index contributed by atoms with van der Waals surface area (Å²) in [4.78, 5) is 37.3. The summed E-state index contributed by atoms with van der Waals surface area (Å²) < 4.78 is 18.4. The van der Waals surface area contributed by atoms with Crippen LogP contribution in [0.5, 0.6) is 0 Å². The minimum absolute atomic E-state index is 0.361. The van der Waals surface area contributed by atoms with Crippen LogP contribution >= 0.6 is 11.3 Å². The maximum atomic E-state index is 13.1. The van der Waals surface area contributed by atoms with Gasteiger partial charge in [0.15, 0.2) is 0 Å². The van der Waals surface area contributed by atoms with Crippen LogP contribution in [0.3, 0.4) is 0 Å². The van der Waals surface area contributed by atoms with E-state index in [2.05, 4.69) is 10.6 Å². The zero-order valence-corrected chi connectivity index (χ0v) is 15.9. The number of carbonyl (C=O) groups excluding carboxylic acids is 3. The van der Waals surface area contributed by atoms with Crippen LogP contribution in [0, 0.1) is 5.82 Å². The molecule has 0 aliphatic rings. The van der Waals surface area contributed by atoms with Gasteiger partial charge in [-0.25, -0.2) is 4.39 Å². The average molecular weight is 412 g/mol. The SMILES string of the molecule is O=C(CNC(=O)c1cccs1)O[C@H](C(=O)Nc1ccc(F)cc1)c1ccccc1. The van der Waals surface area contributed by atoms with Crippen molar-refractivity contribution in [2.75, 3.05) is 11.9 Å². The number of nitrogens with one attached hydrogen (secondary N) is 2. The zero-order valence-electron chi connectivity index (χ0n) is 15.1. The molecule has 0 radical (unpaired) electrons. The van der Waals surface area contributed by atoms with E-state index >= 15 is 0 Å². The van der Waals surface area contributed by atoms with E-state index in [1.165, 1.54) is 35.6 Å². The molecule has 6 nitrogen and oxygen atoms in total. The highest BCUT2D eigenvalue weighted by Crippen LogP contribution is 2.20. The third kappa shape index (κ3) is 5.73. The summed E-state index contributed by atoms with van der Waals surface area (Å²) in [5.41, 5.74) is 0.824. The third-order valence-electron chi connectivity index (χ3n) is 3.84. The van der Waals surface area contributed by atoms with Gasteiger partial charge in [-0.1, -0.05) is 36.4 Å². The molecule has 0 unspecified atom stereocenters. The molecular weight excluding hydrogens is 395 g/mol. The van der Waals surface area contributed by atoms with Gasteiger partial charge in [0.2, 0.25) is 6.10 Å². The van der Waals surface area contributed by atoms with E-state index in [4.69, 9.17) is 4.74 Å². The van der Waals surface area contributed by atoms with E-state index in [0.717, 1.165) is 0 Å². The molecule has 0 aliphatic carbocycles. The van der Waals surface area contributed by atoms with Crippen molar-refractivity contribution in [2.24, 2.45) is 0 Å². The van der Waals surface area contributed by atoms with Crippen molar-refractivity contribution in [3.8, 4) is 0 Å². The van der Waals surface area contributed by atoms with Crippen LogP contribution in [0.2, 0.25) is 0 Å². The minimum atomic E-state index is -1.23. The van der Waals surface area contributed by atoms with Gasteiger partial charge in [-0.2, -0.15) is 0 Å². The van der Waals surface area contributed by atoms with E-state index in [-0.39, 0.29) is 6.54 Å². The van der Waals surface area contributed by atoms with Gasteiger partial charge < -0.3 is 15.4 Å². The van der Waals surface area contributed by atoms with Gasteiger partial charge in [0.05, 0.1) is 4.88 Å². The van der Waals surface area contributed by atoms with Crippen LogP contribution < -0.4 is 10.6 Å². The molecule has 148 valence electrons.